The van der Waals surface area contributed by atoms with Crippen molar-refractivity contribution in [3.8, 4) is 0 Å². The molecule has 0 unspecified atom stereocenters. The van der Waals surface area contributed by atoms with Gasteiger partial charge in [-0.25, -0.2) is 4.39 Å². The van der Waals surface area contributed by atoms with E-state index in [0.717, 1.165) is 11.5 Å². The van der Waals surface area contributed by atoms with E-state index in [2.05, 4.69) is 20.8 Å². The summed E-state index contributed by atoms with van der Waals surface area (Å²) in [6, 6.07) is 18.9. The Labute approximate surface area is 161 Å². The number of hydrogen-bond donors (Lipinski definition) is 2. The third kappa shape index (κ3) is 3.83. The van der Waals surface area contributed by atoms with Crippen molar-refractivity contribution in [3.63, 3.8) is 0 Å². The maximum atomic E-state index is 13.1. The van der Waals surface area contributed by atoms with Crippen LogP contribution in [0.1, 0.15) is 16.2 Å². The second-order valence-electron chi connectivity index (χ2n) is 6.23. The molecule has 28 heavy (non-hydrogen) atoms. The van der Waals surface area contributed by atoms with Gasteiger partial charge in [0.2, 0.25) is 0 Å². The van der Waals surface area contributed by atoms with Gasteiger partial charge in [0, 0.05) is 24.8 Å². The van der Waals surface area contributed by atoms with Gasteiger partial charge >= 0.3 is 0 Å². The normalized spacial score (nSPS) is 10.8. The average Bonchev–Trinajstić information content (AvgIpc) is 3.13. The first kappa shape index (κ1) is 17.7. The summed E-state index contributed by atoms with van der Waals surface area (Å²) >= 11 is 0. The number of hydrogen-bond acceptors (Lipinski definition) is 4. The van der Waals surface area contributed by atoms with Crippen LogP contribution in [0.3, 0.4) is 0 Å². The summed E-state index contributed by atoms with van der Waals surface area (Å²) in [6.07, 6.45) is 2.46. The molecule has 0 saturated heterocycles. The fourth-order valence-electron chi connectivity index (χ4n) is 2.92. The molecule has 0 bridgehead atoms. The number of amides is 1. The molecule has 2 aromatic heterocycles. The van der Waals surface area contributed by atoms with Crippen molar-refractivity contribution >= 4 is 22.9 Å². The smallest absolute Gasteiger partial charge is 0.253 e. The third-order valence-electron chi connectivity index (χ3n) is 4.31. The molecule has 2 N–H and O–H groups in total. The van der Waals surface area contributed by atoms with E-state index in [1.165, 1.54) is 12.1 Å². The van der Waals surface area contributed by atoms with Crippen LogP contribution in [0.5, 0.6) is 0 Å². The lowest BCUT2D eigenvalue weighted by molar-refractivity contribution is 0.0955. The molecule has 0 spiro atoms. The zero-order valence-corrected chi connectivity index (χ0v) is 15.0. The lowest BCUT2D eigenvalue weighted by Crippen LogP contribution is -2.26. The van der Waals surface area contributed by atoms with Gasteiger partial charge in [-0.15, -0.1) is 10.2 Å². The van der Waals surface area contributed by atoms with Crippen molar-refractivity contribution in [2.75, 3.05) is 11.9 Å². The number of carbonyl (C=O) groups excluding carboxylic acids is 1. The van der Waals surface area contributed by atoms with Crippen LogP contribution in [0.2, 0.25) is 0 Å². The molecular weight excluding hydrogens is 357 g/mol. The molecule has 6 nitrogen and oxygen atoms in total. The Morgan fingerprint density at radius 3 is 2.61 bits per heavy atom. The molecule has 0 atom stereocenters. The average molecular weight is 375 g/mol. The molecule has 7 heteroatoms. The summed E-state index contributed by atoms with van der Waals surface area (Å²) in [6.45, 7) is 0.430. The first-order chi connectivity index (χ1) is 13.7. The minimum Gasteiger partial charge on any atom is -0.355 e. The number of anilines is 2. The van der Waals surface area contributed by atoms with Gasteiger partial charge in [-0.3, -0.25) is 9.20 Å². The number of aromatic nitrogens is 3. The van der Waals surface area contributed by atoms with Crippen molar-refractivity contribution in [2.45, 2.75) is 6.42 Å². The molecule has 2 heterocycles. The number of nitrogens with one attached hydrogen (secondary N) is 2. The van der Waals surface area contributed by atoms with Crippen LogP contribution in [-0.2, 0) is 6.42 Å². The van der Waals surface area contributed by atoms with Gasteiger partial charge in [0.1, 0.15) is 11.6 Å². The highest BCUT2D eigenvalue weighted by atomic mass is 19.1. The van der Waals surface area contributed by atoms with E-state index in [4.69, 9.17) is 0 Å². The largest absolute Gasteiger partial charge is 0.355 e. The SMILES string of the molecule is O=C(NCCc1nnc2ccccn12)c1ccccc1Nc1ccc(F)cc1. The first-order valence-electron chi connectivity index (χ1n) is 8.89. The second kappa shape index (κ2) is 7.87. The predicted molar refractivity (Wildman–Crippen MR) is 105 cm³/mol. The number of carbonyl (C=O) groups is 1. The number of halogens is 1. The Hall–Kier alpha value is -3.74. The first-order valence-corrected chi connectivity index (χ1v) is 8.89. The van der Waals surface area contributed by atoms with Gasteiger partial charge in [-0.05, 0) is 48.5 Å². The zero-order chi connectivity index (χ0) is 19.3. The Balaban J connectivity index is 1.42. The number of fused-ring (bicyclic) bond motifs is 1. The minimum absolute atomic E-state index is 0.195. The molecule has 4 aromatic rings. The van der Waals surface area contributed by atoms with Crippen molar-refractivity contribution in [1.29, 1.82) is 0 Å². The predicted octanol–water partition coefficient (Wildman–Crippen LogP) is 3.58. The van der Waals surface area contributed by atoms with Crippen LogP contribution in [-0.4, -0.2) is 27.0 Å². The molecule has 140 valence electrons. The van der Waals surface area contributed by atoms with Gasteiger partial charge in [-0.2, -0.15) is 0 Å². The van der Waals surface area contributed by atoms with E-state index in [1.54, 1.807) is 24.3 Å². The van der Waals surface area contributed by atoms with E-state index in [9.17, 15) is 9.18 Å². The van der Waals surface area contributed by atoms with Crippen LogP contribution in [0.4, 0.5) is 15.8 Å². The van der Waals surface area contributed by atoms with E-state index in [0.29, 0.717) is 29.9 Å². The quantitative estimate of drug-likeness (QED) is 0.540. The summed E-state index contributed by atoms with van der Waals surface area (Å²) in [5.41, 5.74) is 2.65. The Kier molecular flexibility index (Phi) is 4.97. The molecule has 4 rings (SSSR count). The van der Waals surface area contributed by atoms with Crippen molar-refractivity contribution in [3.05, 3.63) is 90.1 Å². The lowest BCUT2D eigenvalue weighted by atomic mass is 10.1. The summed E-state index contributed by atoms with van der Waals surface area (Å²) in [4.78, 5) is 12.6. The van der Waals surface area contributed by atoms with E-state index in [1.807, 2.05) is 40.9 Å². The van der Waals surface area contributed by atoms with Gasteiger partial charge < -0.3 is 10.6 Å². The van der Waals surface area contributed by atoms with Crippen LogP contribution in [0.15, 0.2) is 72.9 Å². The maximum Gasteiger partial charge on any atom is 0.253 e. The summed E-state index contributed by atoms with van der Waals surface area (Å²) < 4.78 is 15.0. The Morgan fingerprint density at radius 2 is 1.75 bits per heavy atom. The van der Waals surface area contributed by atoms with E-state index < -0.39 is 0 Å². The molecular formula is C21H18FN5O. The number of benzene rings is 2. The summed E-state index contributed by atoms with van der Waals surface area (Å²) in [5.74, 6) is 0.283. The van der Waals surface area contributed by atoms with Gasteiger partial charge in [0.15, 0.2) is 5.65 Å². The maximum absolute atomic E-state index is 13.1. The molecule has 0 saturated carbocycles. The van der Waals surface area contributed by atoms with Crippen LogP contribution in [0.25, 0.3) is 5.65 Å². The monoisotopic (exact) mass is 375 g/mol. The topological polar surface area (TPSA) is 71.3 Å². The van der Waals surface area contributed by atoms with E-state index in [-0.39, 0.29) is 11.7 Å². The second-order valence-corrected chi connectivity index (χ2v) is 6.23. The minimum atomic E-state index is -0.308. The standard InChI is InChI=1S/C21H18FN5O/c22-15-8-10-16(11-9-15)24-18-6-2-1-5-17(18)21(28)23-13-12-20-26-25-19-7-3-4-14-27(19)20/h1-11,14,24H,12-13H2,(H,23,28). The number of pyridine rings is 1. The lowest BCUT2D eigenvalue weighted by Gasteiger charge is -2.12. The van der Waals surface area contributed by atoms with Crippen LogP contribution < -0.4 is 10.6 Å². The Morgan fingerprint density at radius 1 is 0.964 bits per heavy atom. The number of para-hydroxylation sites is 1. The van der Waals surface area contributed by atoms with Crippen molar-refractivity contribution < 1.29 is 9.18 Å². The van der Waals surface area contributed by atoms with Crippen LogP contribution >= 0.6 is 0 Å². The number of rotatable bonds is 6. The van der Waals surface area contributed by atoms with Gasteiger partial charge in [0.05, 0.1) is 11.3 Å². The molecule has 0 radical (unpaired) electrons. The molecule has 0 aliphatic carbocycles. The highest BCUT2D eigenvalue weighted by Gasteiger charge is 2.12. The molecule has 2 aromatic carbocycles. The third-order valence-corrected chi connectivity index (χ3v) is 4.31. The molecule has 0 aliphatic rings. The molecule has 1 amide bonds. The summed E-state index contributed by atoms with van der Waals surface area (Å²) in [7, 11) is 0. The molecule has 0 aliphatic heterocycles. The summed E-state index contributed by atoms with van der Waals surface area (Å²) in [5, 5.41) is 14.3. The number of nitrogens with zero attached hydrogens (tertiary/aromatic N) is 3. The van der Waals surface area contributed by atoms with Crippen molar-refractivity contribution in [1.82, 2.24) is 19.9 Å². The van der Waals surface area contributed by atoms with Gasteiger partial charge in [-0.1, -0.05) is 18.2 Å². The highest BCUT2D eigenvalue weighted by Crippen LogP contribution is 2.21. The van der Waals surface area contributed by atoms with E-state index >= 15 is 0 Å². The van der Waals surface area contributed by atoms with Crippen molar-refractivity contribution in [2.24, 2.45) is 0 Å². The van der Waals surface area contributed by atoms with Crippen LogP contribution in [0, 0.1) is 5.82 Å². The highest BCUT2D eigenvalue weighted by molar-refractivity contribution is 6.00. The fraction of sp³-hybridized carbons (Fsp3) is 0.0952. The Bertz CT molecular complexity index is 1110. The zero-order valence-electron chi connectivity index (χ0n) is 15.0. The molecule has 0 fully saturated rings. The fourth-order valence-corrected chi connectivity index (χ4v) is 2.92. The van der Waals surface area contributed by atoms with Gasteiger partial charge in [0.25, 0.3) is 5.91 Å².